The van der Waals surface area contributed by atoms with Crippen LogP contribution < -0.4 is 10.6 Å². The Labute approximate surface area is 159 Å². The van der Waals surface area contributed by atoms with Crippen LogP contribution in [0.4, 0.5) is 5.69 Å². The molecule has 2 aromatic carbocycles. The van der Waals surface area contributed by atoms with Gasteiger partial charge in [0.15, 0.2) is 0 Å². The SMILES string of the molecule is CNC(=O)CN(C)CC(=O)Nc1ccc(Sc2cc(C)ccc2C)cc1. The van der Waals surface area contributed by atoms with E-state index in [1.165, 1.54) is 16.0 Å². The fraction of sp³-hybridized carbons (Fsp3) is 0.300. The number of hydrogen-bond donors (Lipinski definition) is 2. The molecule has 0 unspecified atom stereocenters. The lowest BCUT2D eigenvalue weighted by Gasteiger charge is -2.15. The Morgan fingerprint density at radius 3 is 2.31 bits per heavy atom. The smallest absolute Gasteiger partial charge is 0.238 e. The van der Waals surface area contributed by atoms with Gasteiger partial charge in [-0.25, -0.2) is 0 Å². The second kappa shape index (κ2) is 9.40. The zero-order chi connectivity index (χ0) is 19.1. The van der Waals surface area contributed by atoms with Crippen LogP contribution >= 0.6 is 11.8 Å². The predicted octanol–water partition coefficient (Wildman–Crippen LogP) is 3.07. The molecule has 0 heterocycles. The summed E-state index contributed by atoms with van der Waals surface area (Å²) in [5.74, 6) is -0.264. The van der Waals surface area contributed by atoms with E-state index in [0.717, 1.165) is 10.6 Å². The molecule has 0 saturated carbocycles. The van der Waals surface area contributed by atoms with E-state index in [1.54, 1.807) is 30.8 Å². The molecule has 0 fully saturated rings. The van der Waals surface area contributed by atoms with Crippen molar-refractivity contribution in [1.29, 1.82) is 0 Å². The van der Waals surface area contributed by atoms with Gasteiger partial charge in [-0.15, -0.1) is 0 Å². The van der Waals surface area contributed by atoms with Crippen molar-refractivity contribution in [2.75, 3.05) is 32.5 Å². The number of carbonyl (C=O) groups excluding carboxylic acids is 2. The van der Waals surface area contributed by atoms with Crippen LogP contribution in [-0.4, -0.2) is 43.9 Å². The summed E-state index contributed by atoms with van der Waals surface area (Å²) in [5.41, 5.74) is 3.23. The largest absolute Gasteiger partial charge is 0.358 e. The highest BCUT2D eigenvalue weighted by Crippen LogP contribution is 2.31. The van der Waals surface area contributed by atoms with Gasteiger partial charge >= 0.3 is 0 Å². The van der Waals surface area contributed by atoms with Gasteiger partial charge in [-0.1, -0.05) is 23.9 Å². The average Bonchev–Trinajstić information content (AvgIpc) is 2.59. The highest BCUT2D eigenvalue weighted by atomic mass is 32.2. The van der Waals surface area contributed by atoms with Gasteiger partial charge in [0.25, 0.3) is 0 Å². The molecule has 2 amide bonds. The van der Waals surface area contributed by atoms with Crippen LogP contribution in [0.1, 0.15) is 11.1 Å². The second-order valence-corrected chi connectivity index (χ2v) is 7.40. The first-order valence-electron chi connectivity index (χ1n) is 8.41. The number of anilines is 1. The van der Waals surface area contributed by atoms with E-state index in [-0.39, 0.29) is 24.9 Å². The molecule has 6 heteroatoms. The second-order valence-electron chi connectivity index (χ2n) is 6.29. The minimum atomic E-state index is -0.147. The molecule has 5 nitrogen and oxygen atoms in total. The summed E-state index contributed by atoms with van der Waals surface area (Å²) in [7, 11) is 3.31. The number of hydrogen-bond acceptors (Lipinski definition) is 4. The molecule has 0 aliphatic carbocycles. The lowest BCUT2D eigenvalue weighted by Crippen LogP contribution is -2.37. The van der Waals surface area contributed by atoms with E-state index >= 15 is 0 Å². The predicted molar refractivity (Wildman–Crippen MR) is 107 cm³/mol. The molecule has 0 bridgehead atoms. The number of amides is 2. The van der Waals surface area contributed by atoms with E-state index in [9.17, 15) is 9.59 Å². The van der Waals surface area contributed by atoms with Gasteiger partial charge in [-0.05, 0) is 62.4 Å². The lowest BCUT2D eigenvalue weighted by molar-refractivity contribution is -0.122. The zero-order valence-electron chi connectivity index (χ0n) is 15.6. The molecular formula is C20H25N3O2S. The topological polar surface area (TPSA) is 61.4 Å². The normalized spacial score (nSPS) is 10.7. The van der Waals surface area contributed by atoms with E-state index in [4.69, 9.17) is 0 Å². The molecule has 2 aromatic rings. The Hall–Kier alpha value is -2.31. The number of carbonyl (C=O) groups is 2. The van der Waals surface area contributed by atoms with Crippen LogP contribution in [0.15, 0.2) is 52.3 Å². The first kappa shape index (κ1) is 20.0. The van der Waals surface area contributed by atoms with Crippen molar-refractivity contribution < 1.29 is 9.59 Å². The third-order valence-electron chi connectivity index (χ3n) is 3.82. The summed E-state index contributed by atoms with van der Waals surface area (Å²) in [4.78, 5) is 27.4. The Morgan fingerprint density at radius 1 is 1.00 bits per heavy atom. The van der Waals surface area contributed by atoms with Gasteiger partial charge in [0.2, 0.25) is 11.8 Å². The summed E-state index contributed by atoms with van der Waals surface area (Å²) in [6.07, 6.45) is 0. The van der Waals surface area contributed by atoms with Crippen molar-refractivity contribution in [3.63, 3.8) is 0 Å². The Bertz CT molecular complexity index is 775. The lowest BCUT2D eigenvalue weighted by atomic mass is 10.2. The fourth-order valence-corrected chi connectivity index (χ4v) is 3.38. The third-order valence-corrected chi connectivity index (χ3v) is 4.98. The van der Waals surface area contributed by atoms with Crippen LogP contribution in [0.25, 0.3) is 0 Å². The summed E-state index contributed by atoms with van der Waals surface area (Å²) in [5, 5.41) is 5.39. The van der Waals surface area contributed by atoms with E-state index < -0.39 is 0 Å². The van der Waals surface area contributed by atoms with Crippen molar-refractivity contribution in [2.45, 2.75) is 23.6 Å². The molecule has 2 rings (SSSR count). The first-order valence-corrected chi connectivity index (χ1v) is 9.23. The number of aryl methyl sites for hydroxylation is 2. The Morgan fingerprint density at radius 2 is 1.65 bits per heavy atom. The van der Waals surface area contributed by atoms with Crippen molar-refractivity contribution in [3.8, 4) is 0 Å². The molecule has 0 spiro atoms. The number of nitrogens with one attached hydrogen (secondary N) is 2. The molecule has 0 aromatic heterocycles. The van der Waals surface area contributed by atoms with Crippen molar-refractivity contribution in [1.82, 2.24) is 10.2 Å². The maximum absolute atomic E-state index is 12.1. The Balaban J connectivity index is 1.91. The van der Waals surface area contributed by atoms with E-state index in [2.05, 4.69) is 42.7 Å². The molecule has 2 N–H and O–H groups in total. The molecule has 0 aliphatic rings. The quantitative estimate of drug-likeness (QED) is 0.785. The number of likely N-dealkylation sites (N-methyl/N-ethyl adjacent to an activating group) is 2. The van der Waals surface area contributed by atoms with Crippen LogP contribution in [-0.2, 0) is 9.59 Å². The van der Waals surface area contributed by atoms with Crippen LogP contribution in [0.2, 0.25) is 0 Å². The van der Waals surface area contributed by atoms with Crippen molar-refractivity contribution >= 4 is 29.3 Å². The molecule has 0 radical (unpaired) electrons. The van der Waals surface area contributed by atoms with Gasteiger partial charge in [-0.2, -0.15) is 0 Å². The number of nitrogens with zero attached hydrogens (tertiary/aromatic N) is 1. The van der Waals surface area contributed by atoms with Gasteiger partial charge in [0, 0.05) is 22.5 Å². The summed E-state index contributed by atoms with van der Waals surface area (Å²) in [6.45, 7) is 4.54. The Kier molecular flexibility index (Phi) is 7.24. The monoisotopic (exact) mass is 371 g/mol. The summed E-state index contributed by atoms with van der Waals surface area (Å²) < 4.78 is 0. The van der Waals surface area contributed by atoms with E-state index in [0.29, 0.717) is 0 Å². The van der Waals surface area contributed by atoms with Gasteiger partial charge in [-0.3, -0.25) is 14.5 Å². The summed E-state index contributed by atoms with van der Waals surface area (Å²) in [6, 6.07) is 14.2. The molecule has 138 valence electrons. The van der Waals surface area contributed by atoms with Gasteiger partial charge < -0.3 is 10.6 Å². The minimum Gasteiger partial charge on any atom is -0.358 e. The first-order chi connectivity index (χ1) is 12.4. The fourth-order valence-electron chi connectivity index (χ4n) is 2.38. The molecular weight excluding hydrogens is 346 g/mol. The standard InChI is InChI=1S/C20H25N3O2S/c1-14-5-6-15(2)18(11-14)26-17-9-7-16(8-10-17)22-20(25)13-23(4)12-19(24)21-3/h5-11H,12-13H2,1-4H3,(H,21,24)(H,22,25). The van der Waals surface area contributed by atoms with Gasteiger partial charge in [0.05, 0.1) is 13.1 Å². The van der Waals surface area contributed by atoms with Crippen LogP contribution in [0, 0.1) is 13.8 Å². The zero-order valence-corrected chi connectivity index (χ0v) is 16.4. The minimum absolute atomic E-state index is 0.117. The van der Waals surface area contributed by atoms with Gasteiger partial charge in [0.1, 0.15) is 0 Å². The highest BCUT2D eigenvalue weighted by Gasteiger charge is 2.10. The molecule has 0 saturated heterocycles. The number of rotatable bonds is 7. The number of benzene rings is 2. The highest BCUT2D eigenvalue weighted by molar-refractivity contribution is 7.99. The summed E-state index contributed by atoms with van der Waals surface area (Å²) >= 11 is 1.71. The molecule has 0 atom stereocenters. The maximum Gasteiger partial charge on any atom is 0.238 e. The third kappa shape index (κ3) is 6.20. The molecule has 26 heavy (non-hydrogen) atoms. The van der Waals surface area contributed by atoms with E-state index in [1.807, 2.05) is 24.3 Å². The average molecular weight is 372 g/mol. The van der Waals surface area contributed by atoms with Crippen LogP contribution in [0.3, 0.4) is 0 Å². The molecule has 0 aliphatic heterocycles. The maximum atomic E-state index is 12.1. The van der Waals surface area contributed by atoms with Crippen LogP contribution in [0.5, 0.6) is 0 Å². The van der Waals surface area contributed by atoms with Crippen molar-refractivity contribution in [2.24, 2.45) is 0 Å². The van der Waals surface area contributed by atoms with Crippen molar-refractivity contribution in [3.05, 3.63) is 53.6 Å².